The number of rotatable bonds is 6. The van der Waals surface area contributed by atoms with Crippen molar-refractivity contribution < 1.29 is 14.1 Å². The number of para-hydroxylation sites is 1. The monoisotopic (exact) mass is 372 g/mol. The maximum Gasteiger partial charge on any atom is 0.262 e. The van der Waals surface area contributed by atoms with Crippen LogP contribution in [0, 0.1) is 0 Å². The summed E-state index contributed by atoms with van der Waals surface area (Å²) in [5.74, 6) is 1.67. The fourth-order valence-electron chi connectivity index (χ4n) is 3.15. The molecule has 6 nitrogen and oxygen atoms in total. The van der Waals surface area contributed by atoms with Crippen LogP contribution in [-0.4, -0.2) is 48.2 Å². The number of quaternary nitrogens is 1. The second kappa shape index (κ2) is 8.07. The van der Waals surface area contributed by atoms with E-state index in [9.17, 15) is 4.79 Å². The SMILES string of the molecule is O=c1c2ccccc2nc(SCC[NH+]2CCOCC2)n1Cc1ccco1. The number of aromatic nitrogens is 2. The Morgan fingerprint density at radius 3 is 2.81 bits per heavy atom. The third-order valence-electron chi connectivity index (χ3n) is 4.61. The van der Waals surface area contributed by atoms with Crippen LogP contribution in [-0.2, 0) is 11.3 Å². The number of nitrogens with one attached hydrogen (secondary N) is 1. The van der Waals surface area contributed by atoms with Crippen molar-refractivity contribution >= 4 is 22.7 Å². The number of benzene rings is 1. The van der Waals surface area contributed by atoms with E-state index in [0.717, 1.165) is 55.0 Å². The quantitative estimate of drug-likeness (QED) is 0.518. The number of thioether (sulfide) groups is 1. The molecule has 136 valence electrons. The van der Waals surface area contributed by atoms with E-state index in [1.165, 1.54) is 0 Å². The van der Waals surface area contributed by atoms with Crippen molar-refractivity contribution in [2.75, 3.05) is 38.6 Å². The van der Waals surface area contributed by atoms with Crippen LogP contribution in [0.1, 0.15) is 5.76 Å². The summed E-state index contributed by atoms with van der Waals surface area (Å²) in [7, 11) is 0. The number of furan rings is 1. The van der Waals surface area contributed by atoms with Crippen LogP contribution in [0.15, 0.2) is 57.0 Å². The minimum Gasteiger partial charge on any atom is -0.467 e. The molecule has 26 heavy (non-hydrogen) atoms. The highest BCUT2D eigenvalue weighted by Gasteiger charge is 2.16. The lowest BCUT2D eigenvalue weighted by Crippen LogP contribution is -3.14. The molecule has 0 radical (unpaired) electrons. The van der Waals surface area contributed by atoms with Gasteiger partial charge in [-0.15, -0.1) is 0 Å². The van der Waals surface area contributed by atoms with Gasteiger partial charge in [-0.2, -0.15) is 0 Å². The standard InChI is InChI=1S/C19H21N3O3S/c23-18-16-5-1-2-6-17(16)20-19(22(18)14-15-4-3-10-25-15)26-13-9-21-7-11-24-12-8-21/h1-6,10H,7-9,11-14H2/p+1. The Morgan fingerprint density at radius 1 is 1.15 bits per heavy atom. The Morgan fingerprint density at radius 2 is 2.00 bits per heavy atom. The number of fused-ring (bicyclic) bond motifs is 1. The Hall–Kier alpha value is -2.09. The molecule has 3 heterocycles. The van der Waals surface area contributed by atoms with E-state index in [1.807, 2.05) is 36.4 Å². The Labute approximate surface area is 155 Å². The molecule has 1 aromatic carbocycles. The van der Waals surface area contributed by atoms with Gasteiger partial charge in [0.2, 0.25) is 0 Å². The highest BCUT2D eigenvalue weighted by atomic mass is 32.2. The molecule has 1 N–H and O–H groups in total. The molecule has 0 spiro atoms. The summed E-state index contributed by atoms with van der Waals surface area (Å²) in [4.78, 5) is 19.3. The van der Waals surface area contributed by atoms with Gasteiger partial charge in [-0.25, -0.2) is 4.98 Å². The van der Waals surface area contributed by atoms with Crippen molar-refractivity contribution in [2.45, 2.75) is 11.7 Å². The number of hydrogen-bond donors (Lipinski definition) is 1. The van der Waals surface area contributed by atoms with Gasteiger partial charge in [0.25, 0.3) is 5.56 Å². The molecule has 0 amide bonds. The van der Waals surface area contributed by atoms with Crippen molar-refractivity contribution in [3.05, 3.63) is 58.8 Å². The summed E-state index contributed by atoms with van der Waals surface area (Å²) in [6.45, 7) is 5.19. The summed E-state index contributed by atoms with van der Waals surface area (Å²) < 4.78 is 12.6. The molecule has 1 aliphatic heterocycles. The van der Waals surface area contributed by atoms with Gasteiger partial charge in [0.15, 0.2) is 5.16 Å². The zero-order valence-electron chi connectivity index (χ0n) is 14.5. The van der Waals surface area contributed by atoms with Crippen LogP contribution in [0.5, 0.6) is 0 Å². The summed E-state index contributed by atoms with van der Waals surface area (Å²) in [6.07, 6.45) is 1.63. The largest absolute Gasteiger partial charge is 0.467 e. The van der Waals surface area contributed by atoms with Crippen LogP contribution in [0.25, 0.3) is 10.9 Å². The van der Waals surface area contributed by atoms with E-state index >= 15 is 0 Å². The maximum absolute atomic E-state index is 13.0. The fourth-order valence-corrected chi connectivity index (χ4v) is 4.19. The minimum atomic E-state index is -0.0202. The van der Waals surface area contributed by atoms with Gasteiger partial charge >= 0.3 is 0 Å². The number of morpholine rings is 1. The molecule has 0 saturated carbocycles. The molecule has 0 atom stereocenters. The molecule has 0 aliphatic carbocycles. The predicted molar refractivity (Wildman–Crippen MR) is 101 cm³/mol. The molecule has 1 aliphatic rings. The van der Waals surface area contributed by atoms with Gasteiger partial charge in [-0.1, -0.05) is 23.9 Å². The van der Waals surface area contributed by atoms with E-state index in [1.54, 1.807) is 27.5 Å². The average molecular weight is 372 g/mol. The molecule has 0 bridgehead atoms. The molecular formula is C19H22N3O3S+. The molecule has 3 aromatic rings. The van der Waals surface area contributed by atoms with Gasteiger partial charge in [-0.3, -0.25) is 9.36 Å². The summed E-state index contributed by atoms with van der Waals surface area (Å²) >= 11 is 1.64. The second-order valence-corrected chi connectivity index (χ2v) is 7.41. The van der Waals surface area contributed by atoms with Crippen LogP contribution >= 0.6 is 11.8 Å². The van der Waals surface area contributed by atoms with E-state index in [-0.39, 0.29) is 5.56 Å². The van der Waals surface area contributed by atoms with Crippen LogP contribution < -0.4 is 10.5 Å². The molecule has 7 heteroatoms. The van der Waals surface area contributed by atoms with Crippen molar-refractivity contribution in [3.8, 4) is 0 Å². The first kappa shape index (κ1) is 17.3. The van der Waals surface area contributed by atoms with Crippen LogP contribution in [0.4, 0.5) is 0 Å². The van der Waals surface area contributed by atoms with Crippen LogP contribution in [0.2, 0.25) is 0 Å². The number of nitrogens with zero attached hydrogens (tertiary/aromatic N) is 2. The van der Waals surface area contributed by atoms with Gasteiger partial charge < -0.3 is 14.1 Å². The van der Waals surface area contributed by atoms with E-state index in [0.29, 0.717) is 11.9 Å². The molecule has 4 rings (SSSR count). The number of ether oxygens (including phenoxy) is 1. The average Bonchev–Trinajstić information content (AvgIpc) is 3.19. The highest BCUT2D eigenvalue weighted by molar-refractivity contribution is 7.99. The Balaban J connectivity index is 1.59. The second-order valence-electron chi connectivity index (χ2n) is 6.34. The van der Waals surface area contributed by atoms with Gasteiger partial charge in [0, 0.05) is 0 Å². The highest BCUT2D eigenvalue weighted by Crippen LogP contribution is 2.18. The van der Waals surface area contributed by atoms with Crippen LogP contribution in [0.3, 0.4) is 0 Å². The lowest BCUT2D eigenvalue weighted by molar-refractivity contribution is -0.905. The zero-order chi connectivity index (χ0) is 17.8. The first-order chi connectivity index (χ1) is 12.8. The lowest BCUT2D eigenvalue weighted by atomic mass is 10.2. The Bertz CT molecular complexity index is 917. The topological polar surface area (TPSA) is 61.7 Å². The summed E-state index contributed by atoms with van der Waals surface area (Å²) in [6, 6.07) is 11.2. The zero-order valence-corrected chi connectivity index (χ0v) is 15.3. The fraction of sp³-hybridized carbons (Fsp3) is 0.368. The molecule has 2 aromatic heterocycles. The van der Waals surface area contributed by atoms with Gasteiger partial charge in [0.05, 0.1) is 49.2 Å². The van der Waals surface area contributed by atoms with Crippen molar-refractivity contribution in [2.24, 2.45) is 0 Å². The van der Waals surface area contributed by atoms with Crippen molar-refractivity contribution in [1.82, 2.24) is 9.55 Å². The third kappa shape index (κ3) is 3.85. The van der Waals surface area contributed by atoms with Gasteiger partial charge in [-0.05, 0) is 24.3 Å². The number of hydrogen-bond acceptors (Lipinski definition) is 5. The van der Waals surface area contributed by atoms with E-state index in [2.05, 4.69) is 0 Å². The Kier molecular flexibility index (Phi) is 5.38. The molecular weight excluding hydrogens is 350 g/mol. The lowest BCUT2D eigenvalue weighted by Gasteiger charge is -2.23. The van der Waals surface area contributed by atoms with E-state index < -0.39 is 0 Å². The summed E-state index contributed by atoms with van der Waals surface area (Å²) in [5.41, 5.74) is 0.725. The van der Waals surface area contributed by atoms with E-state index in [4.69, 9.17) is 14.1 Å². The van der Waals surface area contributed by atoms with Crippen molar-refractivity contribution in [1.29, 1.82) is 0 Å². The molecule has 1 saturated heterocycles. The molecule has 1 fully saturated rings. The van der Waals surface area contributed by atoms with Crippen molar-refractivity contribution in [3.63, 3.8) is 0 Å². The normalized spacial score (nSPS) is 15.5. The third-order valence-corrected chi connectivity index (χ3v) is 5.59. The predicted octanol–water partition coefficient (Wildman–Crippen LogP) is 1.05. The smallest absolute Gasteiger partial charge is 0.262 e. The minimum absolute atomic E-state index is 0.0202. The summed E-state index contributed by atoms with van der Waals surface area (Å²) in [5, 5.41) is 1.39. The van der Waals surface area contributed by atoms with Gasteiger partial charge in [0.1, 0.15) is 18.8 Å². The first-order valence-electron chi connectivity index (χ1n) is 8.87. The first-order valence-corrected chi connectivity index (χ1v) is 9.86. The maximum atomic E-state index is 13.0. The molecule has 0 unspecified atom stereocenters.